The number of hydrogen-bond acceptors (Lipinski definition) is 4. The van der Waals surface area contributed by atoms with E-state index in [0.717, 1.165) is 11.1 Å². The standard InChI is InChI=1S/C14H19NO4S/c1-19-9-12-4-2-3-11(7-12)8-15-14(16)13-5-6-20(17,18)10-13/h2-4,7,13H,5-6,8-10H2,1H3,(H,15,16). The van der Waals surface area contributed by atoms with Crippen molar-refractivity contribution in [2.45, 2.75) is 19.6 Å². The number of benzene rings is 1. The minimum absolute atomic E-state index is 0.0253. The largest absolute Gasteiger partial charge is 0.380 e. The summed E-state index contributed by atoms with van der Waals surface area (Å²) in [6.07, 6.45) is 0.428. The highest BCUT2D eigenvalue weighted by atomic mass is 32.2. The highest BCUT2D eigenvalue weighted by molar-refractivity contribution is 7.91. The second kappa shape index (κ2) is 6.37. The number of methoxy groups -OCH3 is 1. The second-order valence-corrected chi connectivity index (χ2v) is 7.30. The van der Waals surface area contributed by atoms with Gasteiger partial charge in [0.2, 0.25) is 5.91 Å². The Morgan fingerprint density at radius 3 is 2.80 bits per heavy atom. The van der Waals surface area contributed by atoms with E-state index in [9.17, 15) is 13.2 Å². The first-order chi connectivity index (χ1) is 9.50. The van der Waals surface area contributed by atoms with E-state index < -0.39 is 15.8 Å². The summed E-state index contributed by atoms with van der Waals surface area (Å²) in [5, 5.41) is 2.80. The normalized spacial score (nSPS) is 20.8. The lowest BCUT2D eigenvalue weighted by atomic mass is 10.1. The molecule has 0 saturated carbocycles. The average Bonchev–Trinajstić information content (AvgIpc) is 2.77. The maximum atomic E-state index is 11.9. The molecular weight excluding hydrogens is 278 g/mol. The van der Waals surface area contributed by atoms with Crippen molar-refractivity contribution in [3.05, 3.63) is 35.4 Å². The number of ether oxygens (including phenoxy) is 1. The quantitative estimate of drug-likeness (QED) is 0.876. The van der Waals surface area contributed by atoms with E-state index in [1.807, 2.05) is 24.3 Å². The molecule has 1 unspecified atom stereocenters. The number of rotatable bonds is 5. The van der Waals surface area contributed by atoms with Crippen molar-refractivity contribution in [1.29, 1.82) is 0 Å². The van der Waals surface area contributed by atoms with Crippen LogP contribution >= 0.6 is 0 Å². The van der Waals surface area contributed by atoms with Crippen LogP contribution in [0.5, 0.6) is 0 Å². The van der Waals surface area contributed by atoms with Crippen LogP contribution in [-0.2, 0) is 32.5 Å². The van der Waals surface area contributed by atoms with Crippen LogP contribution in [0.25, 0.3) is 0 Å². The zero-order valence-electron chi connectivity index (χ0n) is 11.5. The average molecular weight is 297 g/mol. The van der Waals surface area contributed by atoms with Gasteiger partial charge in [0.25, 0.3) is 0 Å². The van der Waals surface area contributed by atoms with E-state index in [-0.39, 0.29) is 17.4 Å². The maximum absolute atomic E-state index is 11.9. The molecule has 0 radical (unpaired) electrons. The first-order valence-corrected chi connectivity index (χ1v) is 8.37. The van der Waals surface area contributed by atoms with Crippen LogP contribution < -0.4 is 5.32 Å². The van der Waals surface area contributed by atoms with Crippen molar-refractivity contribution in [1.82, 2.24) is 5.32 Å². The molecule has 6 heteroatoms. The molecule has 0 aromatic heterocycles. The van der Waals surface area contributed by atoms with Crippen molar-refractivity contribution < 1.29 is 17.9 Å². The molecule has 0 spiro atoms. The van der Waals surface area contributed by atoms with Crippen LogP contribution in [0.1, 0.15) is 17.5 Å². The smallest absolute Gasteiger partial charge is 0.224 e. The van der Waals surface area contributed by atoms with Gasteiger partial charge in [0.1, 0.15) is 0 Å². The molecule has 2 rings (SSSR count). The van der Waals surface area contributed by atoms with Crippen molar-refractivity contribution in [3.8, 4) is 0 Å². The third-order valence-electron chi connectivity index (χ3n) is 3.37. The molecule has 1 atom stereocenters. The molecule has 1 fully saturated rings. The van der Waals surface area contributed by atoms with Gasteiger partial charge in [-0.1, -0.05) is 24.3 Å². The molecule has 20 heavy (non-hydrogen) atoms. The molecular formula is C14H19NO4S. The van der Waals surface area contributed by atoms with E-state index in [2.05, 4.69) is 5.32 Å². The molecule has 0 bridgehead atoms. The fraction of sp³-hybridized carbons (Fsp3) is 0.500. The number of carbonyl (C=O) groups is 1. The summed E-state index contributed by atoms with van der Waals surface area (Å²) in [7, 11) is -1.38. The summed E-state index contributed by atoms with van der Waals surface area (Å²) in [4.78, 5) is 11.9. The number of amides is 1. The lowest BCUT2D eigenvalue weighted by Crippen LogP contribution is -2.30. The third kappa shape index (κ3) is 4.05. The second-order valence-electron chi connectivity index (χ2n) is 5.07. The molecule has 1 amide bonds. The number of carbonyl (C=O) groups excluding carboxylic acids is 1. The molecule has 1 aliphatic heterocycles. The highest BCUT2D eigenvalue weighted by Crippen LogP contribution is 2.18. The molecule has 0 aliphatic carbocycles. The summed E-state index contributed by atoms with van der Waals surface area (Å²) in [6, 6.07) is 7.76. The lowest BCUT2D eigenvalue weighted by molar-refractivity contribution is -0.124. The van der Waals surface area contributed by atoms with E-state index in [1.165, 1.54) is 0 Å². The maximum Gasteiger partial charge on any atom is 0.224 e. The van der Waals surface area contributed by atoms with Crippen molar-refractivity contribution in [2.75, 3.05) is 18.6 Å². The number of sulfone groups is 1. The Morgan fingerprint density at radius 1 is 1.40 bits per heavy atom. The minimum Gasteiger partial charge on any atom is -0.380 e. The van der Waals surface area contributed by atoms with Crippen LogP contribution in [0, 0.1) is 5.92 Å². The van der Waals surface area contributed by atoms with E-state index in [1.54, 1.807) is 7.11 Å². The van der Waals surface area contributed by atoms with Crippen LogP contribution in [0.3, 0.4) is 0 Å². The molecule has 1 aromatic carbocycles. The Morgan fingerprint density at radius 2 is 2.15 bits per heavy atom. The van der Waals surface area contributed by atoms with Crippen LogP contribution in [0.2, 0.25) is 0 Å². The van der Waals surface area contributed by atoms with Gasteiger partial charge in [-0.2, -0.15) is 0 Å². The van der Waals surface area contributed by atoms with Gasteiger partial charge in [-0.15, -0.1) is 0 Å². The summed E-state index contributed by atoms with van der Waals surface area (Å²) in [5.41, 5.74) is 2.02. The fourth-order valence-corrected chi connectivity index (χ4v) is 4.07. The van der Waals surface area contributed by atoms with Crippen molar-refractivity contribution in [2.24, 2.45) is 5.92 Å². The fourth-order valence-electron chi connectivity index (χ4n) is 2.33. The van der Waals surface area contributed by atoms with Gasteiger partial charge in [0, 0.05) is 13.7 Å². The lowest BCUT2D eigenvalue weighted by Gasteiger charge is -2.10. The molecule has 1 N–H and O–H groups in total. The summed E-state index contributed by atoms with van der Waals surface area (Å²) in [5.74, 6) is -0.484. The van der Waals surface area contributed by atoms with Gasteiger partial charge < -0.3 is 10.1 Å². The Bertz CT molecular complexity index is 583. The first kappa shape index (κ1) is 15.0. The molecule has 1 saturated heterocycles. The van der Waals surface area contributed by atoms with Crippen molar-refractivity contribution in [3.63, 3.8) is 0 Å². The van der Waals surface area contributed by atoms with Crippen LogP contribution in [0.4, 0.5) is 0 Å². The van der Waals surface area contributed by atoms with Crippen molar-refractivity contribution >= 4 is 15.7 Å². The Kier molecular flexibility index (Phi) is 4.77. The van der Waals surface area contributed by atoms with E-state index in [0.29, 0.717) is 19.6 Å². The Hall–Kier alpha value is -1.40. The third-order valence-corrected chi connectivity index (χ3v) is 5.14. The van der Waals surface area contributed by atoms with Gasteiger partial charge in [-0.05, 0) is 17.5 Å². The van der Waals surface area contributed by atoms with E-state index in [4.69, 9.17) is 4.74 Å². The summed E-state index contributed by atoms with van der Waals surface area (Å²) < 4.78 is 27.7. The van der Waals surface area contributed by atoms with Gasteiger partial charge in [0.05, 0.1) is 24.0 Å². The SMILES string of the molecule is COCc1cccc(CNC(=O)C2CCS(=O)(=O)C2)c1. The minimum atomic E-state index is -3.01. The molecule has 1 aliphatic rings. The predicted octanol–water partition coefficient (Wildman–Crippen LogP) is 0.884. The number of hydrogen-bond donors (Lipinski definition) is 1. The molecule has 5 nitrogen and oxygen atoms in total. The topological polar surface area (TPSA) is 72.5 Å². The van der Waals surface area contributed by atoms with Gasteiger partial charge >= 0.3 is 0 Å². The summed E-state index contributed by atoms with van der Waals surface area (Å²) >= 11 is 0. The summed E-state index contributed by atoms with van der Waals surface area (Å²) in [6.45, 7) is 0.940. The highest BCUT2D eigenvalue weighted by Gasteiger charge is 2.32. The van der Waals surface area contributed by atoms with Gasteiger partial charge in [0.15, 0.2) is 9.84 Å². The first-order valence-electron chi connectivity index (χ1n) is 6.55. The monoisotopic (exact) mass is 297 g/mol. The molecule has 110 valence electrons. The van der Waals surface area contributed by atoms with Crippen LogP contribution in [0.15, 0.2) is 24.3 Å². The predicted molar refractivity (Wildman–Crippen MR) is 75.8 cm³/mol. The zero-order valence-corrected chi connectivity index (χ0v) is 12.3. The Labute approximate surface area is 119 Å². The molecule has 1 aromatic rings. The van der Waals surface area contributed by atoms with Gasteiger partial charge in [-0.25, -0.2) is 8.42 Å². The molecule has 1 heterocycles. The number of nitrogens with one attached hydrogen (secondary N) is 1. The van der Waals surface area contributed by atoms with Gasteiger partial charge in [-0.3, -0.25) is 4.79 Å². The zero-order chi connectivity index (χ0) is 14.6. The Balaban J connectivity index is 1.89. The van der Waals surface area contributed by atoms with E-state index >= 15 is 0 Å². The van der Waals surface area contributed by atoms with Crippen LogP contribution in [-0.4, -0.2) is 32.9 Å².